The zero-order chi connectivity index (χ0) is 12.0. The lowest BCUT2D eigenvalue weighted by molar-refractivity contribution is -0.136. The van der Waals surface area contributed by atoms with Crippen LogP contribution in [0.1, 0.15) is 29.3 Å². The van der Waals surface area contributed by atoms with Crippen molar-refractivity contribution in [2.75, 3.05) is 6.54 Å². The van der Waals surface area contributed by atoms with Crippen LogP contribution in [0, 0.1) is 0 Å². The first-order chi connectivity index (χ1) is 7.65. The highest BCUT2D eigenvalue weighted by Crippen LogP contribution is 2.07. The number of amides is 1. The highest BCUT2D eigenvalue weighted by Gasteiger charge is 2.09. The van der Waals surface area contributed by atoms with E-state index in [1.807, 2.05) is 6.92 Å². The van der Waals surface area contributed by atoms with Gasteiger partial charge in [-0.05, 0) is 18.1 Å². The molecule has 0 aliphatic carbocycles. The van der Waals surface area contributed by atoms with Gasteiger partial charge < -0.3 is 10.4 Å². The van der Waals surface area contributed by atoms with Crippen LogP contribution >= 0.6 is 0 Å². The van der Waals surface area contributed by atoms with Crippen molar-refractivity contribution in [2.45, 2.75) is 19.8 Å². The number of carbonyl (C=O) groups excluding carboxylic acids is 1. The lowest BCUT2D eigenvalue weighted by Crippen LogP contribution is -2.26. The van der Waals surface area contributed by atoms with E-state index in [0.29, 0.717) is 5.56 Å². The lowest BCUT2D eigenvalue weighted by atomic mass is 10.1. The number of aryl methyl sites for hydroxylation is 1. The van der Waals surface area contributed by atoms with Crippen molar-refractivity contribution in [3.63, 3.8) is 0 Å². The largest absolute Gasteiger partial charge is 0.481 e. The van der Waals surface area contributed by atoms with Crippen molar-refractivity contribution in [2.24, 2.45) is 0 Å². The minimum atomic E-state index is -0.925. The second kappa shape index (κ2) is 5.85. The summed E-state index contributed by atoms with van der Waals surface area (Å²) in [5, 5.41) is 11.0. The predicted molar refractivity (Wildman–Crippen MR) is 58.2 cm³/mol. The van der Waals surface area contributed by atoms with E-state index in [9.17, 15) is 9.59 Å². The Morgan fingerprint density at radius 3 is 2.88 bits per heavy atom. The first-order valence-corrected chi connectivity index (χ1v) is 5.08. The number of carboxylic acid groups (broad SMARTS) is 1. The first-order valence-electron chi connectivity index (χ1n) is 5.08. The summed E-state index contributed by atoms with van der Waals surface area (Å²) in [6, 6.07) is 1.63. The molecule has 0 saturated heterocycles. The Labute approximate surface area is 93.5 Å². The standard InChI is InChI=1S/C11H14N2O3/c1-2-8-7-12-5-3-9(8)11(16)13-6-4-10(14)15/h3,5,7H,2,4,6H2,1H3,(H,13,16)(H,14,15). The Hall–Kier alpha value is -1.91. The van der Waals surface area contributed by atoms with Crippen molar-refractivity contribution < 1.29 is 14.7 Å². The molecule has 1 aromatic rings. The third kappa shape index (κ3) is 3.34. The Morgan fingerprint density at radius 2 is 2.25 bits per heavy atom. The van der Waals surface area contributed by atoms with Gasteiger partial charge in [-0.1, -0.05) is 6.92 Å². The van der Waals surface area contributed by atoms with Crippen LogP contribution in [0.15, 0.2) is 18.5 Å². The number of aromatic nitrogens is 1. The first kappa shape index (κ1) is 12.2. The molecule has 2 N–H and O–H groups in total. The van der Waals surface area contributed by atoms with E-state index in [1.54, 1.807) is 18.5 Å². The third-order valence-electron chi connectivity index (χ3n) is 2.15. The van der Waals surface area contributed by atoms with E-state index < -0.39 is 5.97 Å². The molecule has 5 heteroatoms. The van der Waals surface area contributed by atoms with Gasteiger partial charge in [0.15, 0.2) is 0 Å². The summed E-state index contributed by atoms with van der Waals surface area (Å²) >= 11 is 0. The molecule has 1 aromatic heterocycles. The van der Waals surface area contributed by atoms with Crippen LogP contribution in [0.3, 0.4) is 0 Å². The SMILES string of the molecule is CCc1cnccc1C(=O)NCCC(=O)O. The number of hydrogen-bond acceptors (Lipinski definition) is 3. The van der Waals surface area contributed by atoms with Crippen LogP contribution in [0.2, 0.25) is 0 Å². The fourth-order valence-electron chi connectivity index (χ4n) is 1.31. The molecule has 0 aromatic carbocycles. The number of nitrogens with zero attached hydrogens (tertiary/aromatic N) is 1. The molecule has 16 heavy (non-hydrogen) atoms. The van der Waals surface area contributed by atoms with E-state index in [0.717, 1.165) is 12.0 Å². The Balaban J connectivity index is 2.62. The smallest absolute Gasteiger partial charge is 0.305 e. The topological polar surface area (TPSA) is 79.3 Å². The zero-order valence-corrected chi connectivity index (χ0v) is 9.06. The Morgan fingerprint density at radius 1 is 1.50 bits per heavy atom. The van der Waals surface area contributed by atoms with E-state index in [-0.39, 0.29) is 18.9 Å². The molecule has 86 valence electrons. The third-order valence-corrected chi connectivity index (χ3v) is 2.15. The molecule has 0 aliphatic rings. The van der Waals surface area contributed by atoms with E-state index in [1.165, 1.54) is 0 Å². The molecule has 0 spiro atoms. The number of carboxylic acids is 1. The highest BCUT2D eigenvalue weighted by molar-refractivity contribution is 5.95. The number of carbonyl (C=O) groups is 2. The van der Waals surface area contributed by atoms with Crippen LogP contribution < -0.4 is 5.32 Å². The second-order valence-corrected chi connectivity index (χ2v) is 3.29. The highest BCUT2D eigenvalue weighted by atomic mass is 16.4. The predicted octanol–water partition coefficient (Wildman–Crippen LogP) is 0.849. The minimum absolute atomic E-state index is 0.0711. The molecule has 0 aliphatic heterocycles. The van der Waals surface area contributed by atoms with Crippen LogP contribution in [0.25, 0.3) is 0 Å². The summed E-state index contributed by atoms with van der Waals surface area (Å²) in [4.78, 5) is 25.9. The molecule has 1 heterocycles. The van der Waals surface area contributed by atoms with Gasteiger partial charge in [-0.25, -0.2) is 0 Å². The van der Waals surface area contributed by atoms with Crippen molar-refractivity contribution in [1.82, 2.24) is 10.3 Å². The van der Waals surface area contributed by atoms with Gasteiger partial charge in [0.1, 0.15) is 0 Å². The summed E-state index contributed by atoms with van der Waals surface area (Å²) in [5.74, 6) is -1.17. The monoisotopic (exact) mass is 222 g/mol. The summed E-state index contributed by atoms with van der Waals surface area (Å²) in [7, 11) is 0. The maximum absolute atomic E-state index is 11.7. The second-order valence-electron chi connectivity index (χ2n) is 3.29. The van der Waals surface area contributed by atoms with Gasteiger partial charge in [-0.3, -0.25) is 14.6 Å². The van der Waals surface area contributed by atoms with E-state index >= 15 is 0 Å². The van der Waals surface area contributed by atoms with Gasteiger partial charge >= 0.3 is 5.97 Å². The van der Waals surface area contributed by atoms with Crippen LogP contribution in [0.4, 0.5) is 0 Å². The molecule has 1 amide bonds. The van der Waals surface area contributed by atoms with Crippen LogP contribution in [-0.2, 0) is 11.2 Å². The van der Waals surface area contributed by atoms with Crippen molar-refractivity contribution in [3.8, 4) is 0 Å². The fraction of sp³-hybridized carbons (Fsp3) is 0.364. The molecule has 0 atom stereocenters. The maximum Gasteiger partial charge on any atom is 0.305 e. The maximum atomic E-state index is 11.7. The van der Waals surface area contributed by atoms with Gasteiger partial charge in [0, 0.05) is 24.5 Å². The van der Waals surface area contributed by atoms with Gasteiger partial charge in [0.25, 0.3) is 5.91 Å². The fourth-order valence-corrected chi connectivity index (χ4v) is 1.31. The van der Waals surface area contributed by atoms with Gasteiger partial charge in [-0.2, -0.15) is 0 Å². The average Bonchev–Trinajstić information content (AvgIpc) is 2.28. The van der Waals surface area contributed by atoms with Gasteiger partial charge in [-0.15, -0.1) is 0 Å². The van der Waals surface area contributed by atoms with E-state index in [4.69, 9.17) is 5.11 Å². The van der Waals surface area contributed by atoms with Gasteiger partial charge in [0.05, 0.1) is 6.42 Å². The van der Waals surface area contributed by atoms with Crippen molar-refractivity contribution >= 4 is 11.9 Å². The minimum Gasteiger partial charge on any atom is -0.481 e. The van der Waals surface area contributed by atoms with Crippen molar-refractivity contribution in [1.29, 1.82) is 0 Å². The summed E-state index contributed by atoms with van der Waals surface area (Å²) in [6.45, 7) is 2.07. The summed E-state index contributed by atoms with van der Waals surface area (Å²) in [6.07, 6.45) is 3.84. The molecule has 0 fully saturated rings. The lowest BCUT2D eigenvalue weighted by Gasteiger charge is -2.07. The quantitative estimate of drug-likeness (QED) is 0.774. The molecule has 5 nitrogen and oxygen atoms in total. The normalized spacial score (nSPS) is 9.81. The molecule has 0 saturated carbocycles. The van der Waals surface area contributed by atoms with Crippen LogP contribution in [-0.4, -0.2) is 28.5 Å². The van der Waals surface area contributed by atoms with Gasteiger partial charge in [0.2, 0.25) is 0 Å². The number of aliphatic carboxylic acids is 1. The average molecular weight is 222 g/mol. The Kier molecular flexibility index (Phi) is 4.44. The summed E-state index contributed by atoms with van der Waals surface area (Å²) < 4.78 is 0. The number of nitrogens with one attached hydrogen (secondary N) is 1. The van der Waals surface area contributed by atoms with Crippen molar-refractivity contribution in [3.05, 3.63) is 29.6 Å². The summed E-state index contributed by atoms with van der Waals surface area (Å²) in [5.41, 5.74) is 1.42. The molecule has 1 rings (SSSR count). The molecular formula is C11H14N2O3. The molecular weight excluding hydrogens is 208 g/mol. The molecule has 0 bridgehead atoms. The van der Waals surface area contributed by atoms with E-state index in [2.05, 4.69) is 10.3 Å². The molecule has 0 radical (unpaired) electrons. The van der Waals surface area contributed by atoms with Crippen LogP contribution in [0.5, 0.6) is 0 Å². The number of hydrogen-bond donors (Lipinski definition) is 2. The zero-order valence-electron chi connectivity index (χ0n) is 9.06. The number of pyridine rings is 1. The molecule has 0 unspecified atom stereocenters. The Bertz CT molecular complexity index is 391. The number of rotatable bonds is 5.